The van der Waals surface area contributed by atoms with Gasteiger partial charge >= 0.3 is 6.03 Å². The lowest BCUT2D eigenvalue weighted by atomic mass is 10.1. The van der Waals surface area contributed by atoms with Gasteiger partial charge in [0.15, 0.2) is 0 Å². The first-order chi connectivity index (χ1) is 12.7. The van der Waals surface area contributed by atoms with Gasteiger partial charge in [-0.05, 0) is 30.9 Å². The first-order valence-electron chi connectivity index (χ1n) is 9.60. The summed E-state index contributed by atoms with van der Waals surface area (Å²) in [6, 6.07) is 21.5. The van der Waals surface area contributed by atoms with Crippen molar-refractivity contribution in [3.8, 4) is 0 Å². The standard InChI is InChI=1S/C22H29N3O/c1-19(21-12-6-3-7-13-21)24-15-17-25(18-16-24)22(26)23-14-8-11-20-9-4-2-5-10-20/h2-7,9-10,12-13,19H,8,11,14-18H2,1H3,(H,23,26). The fourth-order valence-electron chi connectivity index (χ4n) is 3.50. The Morgan fingerprint density at radius 3 is 2.23 bits per heavy atom. The Morgan fingerprint density at radius 2 is 1.58 bits per heavy atom. The summed E-state index contributed by atoms with van der Waals surface area (Å²) in [5, 5.41) is 3.07. The van der Waals surface area contributed by atoms with Crippen molar-refractivity contribution < 1.29 is 4.79 Å². The first-order valence-corrected chi connectivity index (χ1v) is 9.60. The zero-order valence-electron chi connectivity index (χ0n) is 15.6. The Bertz CT molecular complexity index is 666. The predicted molar refractivity (Wildman–Crippen MR) is 106 cm³/mol. The van der Waals surface area contributed by atoms with E-state index in [1.807, 2.05) is 11.0 Å². The first kappa shape index (κ1) is 18.5. The second-order valence-electron chi connectivity index (χ2n) is 6.93. The van der Waals surface area contributed by atoms with E-state index in [2.05, 4.69) is 71.7 Å². The minimum absolute atomic E-state index is 0.0741. The molecule has 4 heteroatoms. The van der Waals surface area contributed by atoms with Gasteiger partial charge in [-0.1, -0.05) is 60.7 Å². The van der Waals surface area contributed by atoms with Crippen molar-refractivity contribution >= 4 is 6.03 Å². The molecule has 3 rings (SSSR count). The van der Waals surface area contributed by atoms with Crippen LogP contribution in [0.3, 0.4) is 0 Å². The monoisotopic (exact) mass is 351 g/mol. The van der Waals surface area contributed by atoms with Crippen LogP contribution in [0, 0.1) is 0 Å². The summed E-state index contributed by atoms with van der Waals surface area (Å²) in [4.78, 5) is 16.7. The van der Waals surface area contributed by atoms with E-state index in [0.29, 0.717) is 6.04 Å². The number of benzene rings is 2. The minimum Gasteiger partial charge on any atom is -0.338 e. The molecule has 26 heavy (non-hydrogen) atoms. The van der Waals surface area contributed by atoms with E-state index in [-0.39, 0.29) is 6.03 Å². The number of urea groups is 1. The van der Waals surface area contributed by atoms with Crippen molar-refractivity contribution in [1.29, 1.82) is 0 Å². The van der Waals surface area contributed by atoms with Gasteiger partial charge < -0.3 is 10.2 Å². The second-order valence-corrected chi connectivity index (χ2v) is 6.93. The van der Waals surface area contributed by atoms with Gasteiger partial charge in [0.25, 0.3) is 0 Å². The van der Waals surface area contributed by atoms with Gasteiger partial charge in [-0.25, -0.2) is 4.79 Å². The number of amides is 2. The molecule has 1 aliphatic rings. The molecule has 1 atom stereocenters. The maximum atomic E-state index is 12.4. The maximum Gasteiger partial charge on any atom is 0.317 e. The van der Waals surface area contributed by atoms with Crippen LogP contribution in [0.15, 0.2) is 60.7 Å². The fourth-order valence-corrected chi connectivity index (χ4v) is 3.50. The Morgan fingerprint density at radius 1 is 0.962 bits per heavy atom. The molecule has 1 heterocycles. The third-order valence-corrected chi connectivity index (χ3v) is 5.19. The molecule has 0 aromatic heterocycles. The van der Waals surface area contributed by atoms with E-state index in [0.717, 1.165) is 45.6 Å². The number of rotatable bonds is 6. The number of piperazine rings is 1. The van der Waals surface area contributed by atoms with E-state index in [1.54, 1.807) is 0 Å². The molecule has 1 saturated heterocycles. The van der Waals surface area contributed by atoms with E-state index >= 15 is 0 Å². The molecule has 0 bridgehead atoms. The number of carbonyl (C=O) groups excluding carboxylic acids is 1. The Balaban J connectivity index is 1.37. The van der Waals surface area contributed by atoms with Crippen molar-refractivity contribution in [2.24, 2.45) is 0 Å². The summed E-state index contributed by atoms with van der Waals surface area (Å²) < 4.78 is 0. The van der Waals surface area contributed by atoms with Gasteiger partial charge in [0.2, 0.25) is 0 Å². The van der Waals surface area contributed by atoms with Crippen LogP contribution in [-0.4, -0.2) is 48.6 Å². The fraction of sp³-hybridized carbons (Fsp3) is 0.409. The van der Waals surface area contributed by atoms with Crippen LogP contribution in [0.1, 0.15) is 30.5 Å². The van der Waals surface area contributed by atoms with E-state index in [9.17, 15) is 4.79 Å². The van der Waals surface area contributed by atoms with Crippen molar-refractivity contribution in [3.63, 3.8) is 0 Å². The Kier molecular flexibility index (Phi) is 6.67. The highest BCUT2D eigenvalue weighted by molar-refractivity contribution is 5.74. The molecule has 1 fully saturated rings. The van der Waals surface area contributed by atoms with Crippen LogP contribution in [0.2, 0.25) is 0 Å². The molecule has 2 amide bonds. The molecular formula is C22H29N3O. The molecule has 0 aliphatic carbocycles. The molecule has 1 N–H and O–H groups in total. The number of hydrogen-bond acceptors (Lipinski definition) is 2. The van der Waals surface area contributed by atoms with Gasteiger partial charge in [0, 0.05) is 38.8 Å². The topological polar surface area (TPSA) is 35.6 Å². The molecule has 0 spiro atoms. The molecule has 0 saturated carbocycles. The van der Waals surface area contributed by atoms with Gasteiger partial charge in [0.05, 0.1) is 0 Å². The summed E-state index contributed by atoms with van der Waals surface area (Å²) >= 11 is 0. The Hall–Kier alpha value is -2.33. The van der Waals surface area contributed by atoms with Crippen LogP contribution in [0.4, 0.5) is 4.79 Å². The van der Waals surface area contributed by atoms with Gasteiger partial charge in [0.1, 0.15) is 0 Å². The number of carbonyl (C=O) groups is 1. The highest BCUT2D eigenvalue weighted by Gasteiger charge is 2.24. The lowest BCUT2D eigenvalue weighted by Crippen LogP contribution is -2.52. The van der Waals surface area contributed by atoms with Crippen molar-refractivity contribution in [2.45, 2.75) is 25.8 Å². The smallest absolute Gasteiger partial charge is 0.317 e. The van der Waals surface area contributed by atoms with E-state index in [1.165, 1.54) is 11.1 Å². The summed E-state index contributed by atoms with van der Waals surface area (Å²) in [5.41, 5.74) is 2.66. The van der Waals surface area contributed by atoms with Crippen LogP contribution >= 0.6 is 0 Å². The summed E-state index contributed by atoms with van der Waals surface area (Å²) in [7, 11) is 0. The zero-order chi connectivity index (χ0) is 18.2. The highest BCUT2D eigenvalue weighted by Crippen LogP contribution is 2.21. The Labute approximate surface area is 156 Å². The number of hydrogen-bond donors (Lipinski definition) is 1. The van der Waals surface area contributed by atoms with E-state index in [4.69, 9.17) is 0 Å². The molecule has 2 aromatic rings. The summed E-state index contributed by atoms with van der Waals surface area (Å²) in [5.74, 6) is 0. The zero-order valence-corrected chi connectivity index (χ0v) is 15.6. The molecule has 4 nitrogen and oxygen atoms in total. The average Bonchev–Trinajstić information content (AvgIpc) is 2.72. The quantitative estimate of drug-likeness (QED) is 0.806. The van der Waals surface area contributed by atoms with Gasteiger partial charge in [-0.2, -0.15) is 0 Å². The molecule has 138 valence electrons. The lowest BCUT2D eigenvalue weighted by Gasteiger charge is -2.38. The molecule has 2 aromatic carbocycles. The van der Waals surface area contributed by atoms with Crippen molar-refractivity contribution in [3.05, 3.63) is 71.8 Å². The lowest BCUT2D eigenvalue weighted by molar-refractivity contribution is 0.114. The highest BCUT2D eigenvalue weighted by atomic mass is 16.2. The molecular weight excluding hydrogens is 322 g/mol. The third kappa shape index (κ3) is 5.09. The van der Waals surface area contributed by atoms with Gasteiger partial charge in [-0.15, -0.1) is 0 Å². The minimum atomic E-state index is 0.0741. The van der Waals surface area contributed by atoms with Crippen molar-refractivity contribution in [1.82, 2.24) is 15.1 Å². The number of nitrogens with one attached hydrogen (secondary N) is 1. The average molecular weight is 351 g/mol. The maximum absolute atomic E-state index is 12.4. The van der Waals surface area contributed by atoms with Crippen molar-refractivity contribution in [2.75, 3.05) is 32.7 Å². The van der Waals surface area contributed by atoms with Gasteiger partial charge in [-0.3, -0.25) is 4.90 Å². The molecule has 1 unspecified atom stereocenters. The number of nitrogens with zero attached hydrogens (tertiary/aromatic N) is 2. The molecule has 1 aliphatic heterocycles. The normalized spacial score (nSPS) is 16.3. The third-order valence-electron chi connectivity index (χ3n) is 5.19. The molecule has 0 radical (unpaired) electrons. The van der Waals surface area contributed by atoms with Crippen LogP contribution in [0.25, 0.3) is 0 Å². The van der Waals surface area contributed by atoms with Crippen LogP contribution in [-0.2, 0) is 6.42 Å². The predicted octanol–water partition coefficient (Wildman–Crippen LogP) is 3.71. The van der Waals surface area contributed by atoms with E-state index < -0.39 is 0 Å². The SMILES string of the molecule is CC(c1ccccc1)N1CCN(C(=O)NCCCc2ccccc2)CC1. The second kappa shape index (κ2) is 9.39. The summed E-state index contributed by atoms with van der Waals surface area (Å²) in [6.07, 6.45) is 1.98. The number of aryl methyl sites for hydroxylation is 1. The van der Waals surface area contributed by atoms with Crippen LogP contribution in [0.5, 0.6) is 0 Å². The summed E-state index contributed by atoms with van der Waals surface area (Å²) in [6.45, 7) is 6.41. The largest absolute Gasteiger partial charge is 0.338 e. The van der Waals surface area contributed by atoms with Crippen LogP contribution < -0.4 is 5.32 Å².